The van der Waals surface area contributed by atoms with Crippen molar-refractivity contribution in [2.24, 2.45) is 7.05 Å². The van der Waals surface area contributed by atoms with Gasteiger partial charge in [0.05, 0.1) is 6.54 Å². The van der Waals surface area contributed by atoms with Crippen LogP contribution in [0.25, 0.3) is 11.2 Å². The van der Waals surface area contributed by atoms with Crippen molar-refractivity contribution >= 4 is 11.2 Å². The lowest BCUT2D eigenvalue weighted by Crippen LogP contribution is -2.39. The third-order valence-corrected chi connectivity index (χ3v) is 5.17. The highest BCUT2D eigenvalue weighted by atomic mass is 19.4. The molecule has 2 aromatic carbocycles. The minimum atomic E-state index is -4.88. The van der Waals surface area contributed by atoms with Gasteiger partial charge in [-0.25, -0.2) is 4.79 Å². The van der Waals surface area contributed by atoms with Gasteiger partial charge in [0.25, 0.3) is 5.56 Å². The summed E-state index contributed by atoms with van der Waals surface area (Å²) >= 11 is 0. The molecule has 4 rings (SSSR count). The van der Waals surface area contributed by atoms with Gasteiger partial charge < -0.3 is 14.6 Å². The zero-order valence-corrected chi connectivity index (χ0v) is 18.5. The first-order valence-corrected chi connectivity index (χ1v) is 10.6. The van der Waals surface area contributed by atoms with E-state index in [0.29, 0.717) is 0 Å². The molecule has 0 aliphatic rings. The van der Waals surface area contributed by atoms with Gasteiger partial charge in [-0.1, -0.05) is 36.4 Å². The van der Waals surface area contributed by atoms with Crippen molar-refractivity contribution in [2.45, 2.75) is 25.9 Å². The van der Waals surface area contributed by atoms with Crippen LogP contribution in [0.1, 0.15) is 12.0 Å². The van der Waals surface area contributed by atoms with Gasteiger partial charge in [-0.15, -0.1) is 13.2 Å². The molecule has 1 N–H and O–H groups in total. The van der Waals surface area contributed by atoms with Crippen molar-refractivity contribution in [3.05, 3.63) is 81.0 Å². The summed E-state index contributed by atoms with van der Waals surface area (Å²) in [4.78, 5) is 30.4. The molecule has 0 saturated carbocycles. The summed E-state index contributed by atoms with van der Waals surface area (Å²) in [7, 11) is 1.45. The topological polar surface area (TPSA) is 101 Å². The van der Waals surface area contributed by atoms with Crippen LogP contribution in [0.4, 0.5) is 13.2 Å². The number of aryl methyl sites for hydroxylation is 1. The number of alkyl halides is 3. The molecule has 12 heteroatoms. The first-order valence-electron chi connectivity index (χ1n) is 10.6. The number of fused-ring (bicyclic) bond motifs is 1. The Balaban J connectivity index is 1.87. The van der Waals surface area contributed by atoms with Gasteiger partial charge in [0, 0.05) is 26.3 Å². The molecule has 2 aromatic heterocycles. The maximum absolute atomic E-state index is 13.3. The number of hydrogen-bond acceptors (Lipinski definition) is 6. The largest absolute Gasteiger partial charge is 0.573 e. The first kappa shape index (κ1) is 24.1. The molecule has 4 aromatic rings. The third-order valence-electron chi connectivity index (χ3n) is 5.17. The molecule has 184 valence electrons. The van der Waals surface area contributed by atoms with E-state index in [-0.39, 0.29) is 49.0 Å². The molecule has 9 nitrogen and oxygen atoms in total. The molecule has 0 aliphatic carbocycles. The molecular weight excluding hydrogens is 469 g/mol. The number of hydrogen-bond donors (Lipinski definition) is 1. The summed E-state index contributed by atoms with van der Waals surface area (Å²) in [6, 6.07) is 13.9. The predicted molar refractivity (Wildman–Crippen MR) is 120 cm³/mol. The number of aliphatic hydroxyl groups is 1. The lowest BCUT2D eigenvalue weighted by molar-refractivity contribution is -0.274. The summed E-state index contributed by atoms with van der Waals surface area (Å²) in [5.74, 6) is -0.499. The molecule has 0 amide bonds. The SMILES string of the molecule is Cn1c(=O)n(CCCO)c(=O)c2c1nc(Oc1cccc(OC(F)(F)F)c1)n2Cc1ccccc1. The second-order valence-electron chi connectivity index (χ2n) is 7.64. The maximum atomic E-state index is 13.3. The summed E-state index contributed by atoms with van der Waals surface area (Å²) < 4.78 is 51.3. The van der Waals surface area contributed by atoms with Gasteiger partial charge in [-0.3, -0.25) is 18.5 Å². The zero-order chi connectivity index (χ0) is 25.2. The average molecular weight is 490 g/mol. The van der Waals surface area contributed by atoms with Gasteiger partial charge in [0.2, 0.25) is 0 Å². The number of aromatic nitrogens is 4. The number of rotatable bonds is 8. The van der Waals surface area contributed by atoms with Crippen LogP contribution < -0.4 is 20.7 Å². The van der Waals surface area contributed by atoms with E-state index in [1.54, 1.807) is 0 Å². The predicted octanol–water partition coefficient (Wildman–Crippen LogP) is 3.02. The highest BCUT2D eigenvalue weighted by Gasteiger charge is 2.31. The van der Waals surface area contributed by atoms with Crippen molar-refractivity contribution < 1.29 is 27.8 Å². The molecule has 0 unspecified atom stereocenters. The van der Waals surface area contributed by atoms with Crippen LogP contribution in [0.3, 0.4) is 0 Å². The number of imidazole rings is 1. The van der Waals surface area contributed by atoms with E-state index in [9.17, 15) is 22.8 Å². The molecule has 0 saturated heterocycles. The zero-order valence-electron chi connectivity index (χ0n) is 18.5. The van der Waals surface area contributed by atoms with Crippen LogP contribution >= 0.6 is 0 Å². The van der Waals surface area contributed by atoms with Crippen LogP contribution in [-0.4, -0.2) is 36.8 Å². The van der Waals surface area contributed by atoms with Crippen molar-refractivity contribution in [2.75, 3.05) is 6.61 Å². The molecule has 0 atom stereocenters. The number of aliphatic hydroxyl groups excluding tert-OH is 1. The second-order valence-corrected chi connectivity index (χ2v) is 7.64. The van der Waals surface area contributed by atoms with Crippen molar-refractivity contribution in [3.63, 3.8) is 0 Å². The lowest BCUT2D eigenvalue weighted by Gasteiger charge is -2.12. The van der Waals surface area contributed by atoms with Crippen LogP contribution in [-0.2, 0) is 20.1 Å². The fraction of sp³-hybridized carbons (Fsp3) is 0.261. The van der Waals surface area contributed by atoms with E-state index in [2.05, 4.69) is 9.72 Å². The minimum absolute atomic E-state index is 0.00147. The first-order chi connectivity index (χ1) is 16.7. The molecular formula is C23H21F3N4O5. The average Bonchev–Trinajstić information content (AvgIpc) is 3.15. The van der Waals surface area contributed by atoms with Gasteiger partial charge >= 0.3 is 18.1 Å². The summed E-state index contributed by atoms with van der Waals surface area (Å²) in [5.41, 5.74) is -0.321. The second kappa shape index (κ2) is 9.66. The molecule has 0 bridgehead atoms. The number of nitrogens with zero attached hydrogens (tertiary/aromatic N) is 4. The van der Waals surface area contributed by atoms with Crippen molar-refractivity contribution in [1.82, 2.24) is 18.7 Å². The Bertz CT molecular complexity index is 1460. The minimum Gasteiger partial charge on any atom is -0.425 e. The number of benzene rings is 2. The van der Waals surface area contributed by atoms with E-state index < -0.39 is 23.4 Å². The fourth-order valence-electron chi connectivity index (χ4n) is 3.61. The Morgan fingerprint density at radius 3 is 2.40 bits per heavy atom. The Morgan fingerprint density at radius 1 is 1.00 bits per heavy atom. The molecule has 0 aliphatic heterocycles. The van der Waals surface area contributed by atoms with E-state index >= 15 is 0 Å². The molecule has 2 heterocycles. The van der Waals surface area contributed by atoms with Crippen LogP contribution in [0, 0.1) is 0 Å². The quantitative estimate of drug-likeness (QED) is 0.408. The van der Waals surface area contributed by atoms with E-state index in [1.807, 2.05) is 30.3 Å². The van der Waals surface area contributed by atoms with Crippen LogP contribution in [0.5, 0.6) is 17.5 Å². The normalized spacial score (nSPS) is 11.7. The molecule has 35 heavy (non-hydrogen) atoms. The van der Waals surface area contributed by atoms with Crippen LogP contribution in [0.2, 0.25) is 0 Å². The van der Waals surface area contributed by atoms with E-state index in [4.69, 9.17) is 9.84 Å². The summed E-state index contributed by atoms with van der Waals surface area (Å²) in [5, 5.41) is 9.16. The Kier molecular flexibility index (Phi) is 6.65. The van der Waals surface area contributed by atoms with Crippen molar-refractivity contribution in [3.8, 4) is 17.5 Å². The fourth-order valence-corrected chi connectivity index (χ4v) is 3.61. The lowest BCUT2D eigenvalue weighted by atomic mass is 10.2. The van der Waals surface area contributed by atoms with Gasteiger partial charge in [-0.2, -0.15) is 4.98 Å². The highest BCUT2D eigenvalue weighted by molar-refractivity contribution is 5.72. The molecule has 0 spiro atoms. The summed E-state index contributed by atoms with van der Waals surface area (Å²) in [6.45, 7) is -0.0675. The Labute approximate surface area is 196 Å². The molecule has 0 radical (unpaired) electrons. The number of ether oxygens (including phenoxy) is 2. The van der Waals surface area contributed by atoms with Gasteiger partial charge in [-0.05, 0) is 24.1 Å². The number of halogens is 3. The standard InChI is InChI=1S/C23H21F3N4O5/c1-28-19-18(20(32)29(22(28)33)11-6-12-31)30(14-15-7-3-2-4-8-15)21(27-19)34-16-9-5-10-17(13-16)35-23(24,25)26/h2-5,7-10,13,31H,6,11-12,14H2,1H3. The van der Waals surface area contributed by atoms with E-state index in [0.717, 1.165) is 22.3 Å². The highest BCUT2D eigenvalue weighted by Crippen LogP contribution is 2.30. The van der Waals surface area contributed by atoms with Gasteiger partial charge in [0.1, 0.15) is 11.5 Å². The monoisotopic (exact) mass is 490 g/mol. The Morgan fingerprint density at radius 2 is 1.71 bits per heavy atom. The third kappa shape index (κ3) is 5.22. The van der Waals surface area contributed by atoms with Gasteiger partial charge in [0.15, 0.2) is 11.2 Å². The maximum Gasteiger partial charge on any atom is 0.573 e. The van der Waals surface area contributed by atoms with Crippen LogP contribution in [0.15, 0.2) is 64.2 Å². The molecule has 0 fully saturated rings. The van der Waals surface area contributed by atoms with Crippen molar-refractivity contribution in [1.29, 1.82) is 0 Å². The van der Waals surface area contributed by atoms with E-state index in [1.165, 1.54) is 28.3 Å². The summed E-state index contributed by atoms with van der Waals surface area (Å²) in [6.07, 6.45) is -4.68. The smallest absolute Gasteiger partial charge is 0.425 e. The Hall–Kier alpha value is -4.06.